The molecule has 1 aliphatic carbocycles. The Balaban J connectivity index is 0.00000147. The molecular weight excluding hydrogens is 280 g/mol. The first kappa shape index (κ1) is 15.1. The monoisotopic (exact) mass is 300 g/mol. The van der Waals surface area contributed by atoms with E-state index < -0.39 is 8.80 Å². The van der Waals surface area contributed by atoms with Crippen molar-refractivity contribution in [3.05, 3.63) is 65.2 Å². The molecule has 0 saturated carbocycles. The van der Waals surface area contributed by atoms with E-state index >= 15 is 0 Å². The van der Waals surface area contributed by atoms with Crippen molar-refractivity contribution in [2.24, 2.45) is 0 Å². The maximum absolute atomic E-state index is 2.45. The summed E-state index contributed by atoms with van der Waals surface area (Å²) in [6, 6.07) is 17.5. The van der Waals surface area contributed by atoms with Crippen LogP contribution < -0.4 is 0 Å². The summed E-state index contributed by atoms with van der Waals surface area (Å²) < 4.78 is 0. The first-order chi connectivity index (χ1) is 9.18. The summed E-state index contributed by atoms with van der Waals surface area (Å²) in [5.41, 5.74) is 8.00. The average molecular weight is 301 g/mol. The molecule has 1 unspecified atom stereocenters. The van der Waals surface area contributed by atoms with Gasteiger partial charge in [-0.3, -0.25) is 0 Å². The SMILES string of the molecule is CC1=Cc2c(-c3ccccc3)cccc2C1[SiH](C)C.Cl. The molecule has 0 N–H and O–H groups in total. The standard InChI is InChI=1S/C18H20Si.ClH/c1-13-12-17-15(14-8-5-4-6-9-14)10-7-11-16(17)18(13)19(2)3;/h4-12,18-19H,1-3H3;1H. The van der Waals surface area contributed by atoms with Gasteiger partial charge in [0.15, 0.2) is 0 Å². The molecule has 0 bridgehead atoms. The van der Waals surface area contributed by atoms with Crippen LogP contribution in [-0.2, 0) is 0 Å². The summed E-state index contributed by atoms with van der Waals surface area (Å²) in [7, 11) is -0.701. The number of benzene rings is 2. The minimum atomic E-state index is -0.701. The van der Waals surface area contributed by atoms with Crippen molar-refractivity contribution >= 4 is 27.3 Å². The normalized spacial score (nSPS) is 16.6. The maximum Gasteiger partial charge on any atom is 0.0439 e. The molecule has 3 rings (SSSR count). The van der Waals surface area contributed by atoms with E-state index in [-0.39, 0.29) is 12.4 Å². The van der Waals surface area contributed by atoms with Crippen molar-refractivity contribution in [1.82, 2.24) is 0 Å². The van der Waals surface area contributed by atoms with Crippen molar-refractivity contribution < 1.29 is 0 Å². The van der Waals surface area contributed by atoms with Gasteiger partial charge >= 0.3 is 0 Å². The van der Waals surface area contributed by atoms with Gasteiger partial charge in [0, 0.05) is 8.80 Å². The lowest BCUT2D eigenvalue weighted by atomic mass is 9.97. The van der Waals surface area contributed by atoms with Crippen LogP contribution in [0.5, 0.6) is 0 Å². The zero-order chi connectivity index (χ0) is 13.4. The molecule has 20 heavy (non-hydrogen) atoms. The minimum Gasteiger partial charge on any atom is -0.147 e. The second-order valence-corrected chi connectivity index (χ2v) is 8.94. The van der Waals surface area contributed by atoms with Crippen LogP contribution in [0.15, 0.2) is 54.1 Å². The van der Waals surface area contributed by atoms with E-state index in [1.165, 1.54) is 16.7 Å². The van der Waals surface area contributed by atoms with Gasteiger partial charge in [-0.05, 0) is 34.7 Å². The summed E-state index contributed by atoms with van der Waals surface area (Å²) in [5.74, 6) is 0. The van der Waals surface area contributed by atoms with Crippen LogP contribution >= 0.6 is 12.4 Å². The summed E-state index contributed by atoms with van der Waals surface area (Å²) >= 11 is 0. The Bertz CT molecular complexity index is 629. The zero-order valence-corrected chi connectivity index (χ0v) is 14.2. The van der Waals surface area contributed by atoms with Gasteiger partial charge in [-0.15, -0.1) is 12.4 Å². The lowest BCUT2D eigenvalue weighted by Crippen LogP contribution is -2.15. The summed E-state index contributed by atoms with van der Waals surface area (Å²) in [6.07, 6.45) is 2.41. The number of rotatable bonds is 2. The maximum atomic E-state index is 2.45. The van der Waals surface area contributed by atoms with Crippen LogP contribution in [-0.4, -0.2) is 8.80 Å². The van der Waals surface area contributed by atoms with Crippen LogP contribution in [0.4, 0.5) is 0 Å². The molecule has 0 saturated heterocycles. The van der Waals surface area contributed by atoms with Gasteiger partial charge in [-0.1, -0.05) is 73.3 Å². The van der Waals surface area contributed by atoms with Crippen LogP contribution in [0, 0.1) is 0 Å². The van der Waals surface area contributed by atoms with E-state index in [0.717, 1.165) is 5.54 Å². The van der Waals surface area contributed by atoms with Crippen molar-refractivity contribution in [3.8, 4) is 11.1 Å². The predicted molar refractivity (Wildman–Crippen MR) is 94.4 cm³/mol. The van der Waals surface area contributed by atoms with Gasteiger partial charge in [0.2, 0.25) is 0 Å². The highest BCUT2D eigenvalue weighted by molar-refractivity contribution is 6.58. The number of hydrogen-bond donors (Lipinski definition) is 0. The van der Waals surface area contributed by atoms with Crippen LogP contribution in [0.2, 0.25) is 13.1 Å². The van der Waals surface area contributed by atoms with Crippen LogP contribution in [0.3, 0.4) is 0 Å². The third kappa shape index (κ3) is 2.48. The van der Waals surface area contributed by atoms with Crippen molar-refractivity contribution in [1.29, 1.82) is 0 Å². The molecule has 0 aliphatic heterocycles. The Morgan fingerprint density at radius 2 is 1.60 bits per heavy atom. The van der Waals surface area contributed by atoms with Gasteiger partial charge in [-0.2, -0.15) is 0 Å². The molecule has 0 heterocycles. The van der Waals surface area contributed by atoms with Crippen molar-refractivity contribution in [2.75, 3.05) is 0 Å². The molecule has 1 aliphatic rings. The molecule has 0 nitrogen and oxygen atoms in total. The average Bonchev–Trinajstić information content (AvgIpc) is 2.75. The van der Waals surface area contributed by atoms with Gasteiger partial charge in [0.1, 0.15) is 0 Å². The van der Waals surface area contributed by atoms with Gasteiger partial charge in [0.25, 0.3) is 0 Å². The second-order valence-electron chi connectivity index (χ2n) is 5.78. The Hall–Kier alpha value is -1.31. The summed E-state index contributed by atoms with van der Waals surface area (Å²) in [5, 5.41) is 0. The molecular formula is C18H21ClSi. The molecule has 1 atom stereocenters. The zero-order valence-electron chi connectivity index (χ0n) is 12.3. The quantitative estimate of drug-likeness (QED) is 0.660. The highest BCUT2D eigenvalue weighted by Gasteiger charge is 2.27. The molecule has 0 amide bonds. The highest BCUT2D eigenvalue weighted by atomic mass is 35.5. The van der Waals surface area contributed by atoms with Gasteiger partial charge in [0.05, 0.1) is 0 Å². The second kappa shape index (κ2) is 5.98. The molecule has 2 aromatic rings. The van der Waals surface area contributed by atoms with Crippen molar-refractivity contribution in [3.63, 3.8) is 0 Å². The first-order valence-electron chi connectivity index (χ1n) is 7.05. The smallest absolute Gasteiger partial charge is 0.0439 e. The van der Waals surface area contributed by atoms with Crippen LogP contribution in [0.1, 0.15) is 23.6 Å². The van der Waals surface area contributed by atoms with Crippen molar-refractivity contribution in [2.45, 2.75) is 25.6 Å². The summed E-state index contributed by atoms with van der Waals surface area (Å²) in [4.78, 5) is 0. The van der Waals surface area contributed by atoms with Gasteiger partial charge < -0.3 is 0 Å². The lowest BCUT2D eigenvalue weighted by Gasteiger charge is -2.18. The number of hydrogen-bond acceptors (Lipinski definition) is 0. The van der Waals surface area contributed by atoms with E-state index in [9.17, 15) is 0 Å². The Morgan fingerprint density at radius 1 is 0.900 bits per heavy atom. The lowest BCUT2D eigenvalue weighted by molar-refractivity contribution is 1.10. The molecule has 0 radical (unpaired) electrons. The fourth-order valence-electron chi connectivity index (χ4n) is 3.33. The van der Waals surface area contributed by atoms with E-state index in [1.807, 2.05) is 0 Å². The minimum absolute atomic E-state index is 0. The number of fused-ring (bicyclic) bond motifs is 1. The largest absolute Gasteiger partial charge is 0.147 e. The Kier molecular flexibility index (Phi) is 4.51. The molecule has 104 valence electrons. The fourth-order valence-corrected chi connectivity index (χ4v) is 5.49. The van der Waals surface area contributed by atoms with E-state index in [2.05, 4.69) is 74.6 Å². The first-order valence-corrected chi connectivity index (χ1v) is 10.0. The third-order valence-electron chi connectivity index (χ3n) is 4.09. The predicted octanol–water partition coefficient (Wildman–Crippen LogP) is 5.30. The molecule has 0 spiro atoms. The topological polar surface area (TPSA) is 0 Å². The highest BCUT2D eigenvalue weighted by Crippen LogP contribution is 2.41. The third-order valence-corrected chi connectivity index (χ3v) is 6.31. The molecule has 0 fully saturated rings. The van der Waals surface area contributed by atoms with Crippen LogP contribution in [0.25, 0.3) is 17.2 Å². The summed E-state index contributed by atoms with van der Waals surface area (Å²) in [6.45, 7) is 7.20. The molecule has 2 aromatic carbocycles. The van der Waals surface area contributed by atoms with E-state index in [4.69, 9.17) is 0 Å². The Labute approximate surface area is 129 Å². The Morgan fingerprint density at radius 3 is 2.25 bits per heavy atom. The number of halogens is 1. The molecule has 0 aromatic heterocycles. The molecule has 2 heteroatoms. The van der Waals surface area contributed by atoms with E-state index in [1.54, 1.807) is 11.1 Å². The number of allylic oxidation sites excluding steroid dienone is 1. The van der Waals surface area contributed by atoms with E-state index in [0.29, 0.717) is 0 Å². The van der Waals surface area contributed by atoms with Gasteiger partial charge in [-0.25, -0.2) is 0 Å². The fraction of sp³-hybridized carbons (Fsp3) is 0.222.